The Labute approximate surface area is 99.5 Å². The molecule has 0 bridgehead atoms. The van der Waals surface area contributed by atoms with Crippen molar-refractivity contribution in [3.63, 3.8) is 0 Å². The topological polar surface area (TPSA) is 43.6 Å². The van der Waals surface area contributed by atoms with Crippen molar-refractivity contribution < 1.29 is 0 Å². The minimum absolute atomic E-state index is 0.406. The lowest BCUT2D eigenvalue weighted by molar-refractivity contribution is 0.669. The van der Waals surface area contributed by atoms with Gasteiger partial charge in [0.25, 0.3) is 0 Å². The predicted octanol–water partition coefficient (Wildman–Crippen LogP) is 1.98. The molecule has 4 nitrogen and oxygen atoms in total. The lowest BCUT2D eigenvalue weighted by atomic mass is 10.4. The van der Waals surface area contributed by atoms with Gasteiger partial charge in [-0.1, -0.05) is 11.6 Å². The van der Waals surface area contributed by atoms with Crippen LogP contribution in [-0.2, 0) is 6.54 Å². The van der Waals surface area contributed by atoms with Crippen molar-refractivity contribution >= 4 is 34.2 Å². The minimum Gasteiger partial charge on any atom is -0.266 e. The van der Waals surface area contributed by atoms with Gasteiger partial charge >= 0.3 is 0 Å². The molecule has 2 aromatic rings. The molecule has 2 aromatic heterocycles. The highest BCUT2D eigenvalue weighted by Gasteiger charge is 1.99. The van der Waals surface area contributed by atoms with Crippen molar-refractivity contribution in [2.75, 3.05) is 0 Å². The molecule has 0 spiro atoms. The van der Waals surface area contributed by atoms with Crippen LogP contribution in [0.15, 0.2) is 24.8 Å². The van der Waals surface area contributed by atoms with Crippen LogP contribution in [0.5, 0.6) is 0 Å². The molecule has 0 saturated carbocycles. The lowest BCUT2D eigenvalue weighted by Gasteiger charge is -1.99. The van der Waals surface area contributed by atoms with Crippen molar-refractivity contribution in [3.05, 3.63) is 39.2 Å². The monoisotopic (exact) mass is 320 g/mol. The number of nitrogens with zero attached hydrogens (tertiary/aromatic N) is 4. The third kappa shape index (κ3) is 2.42. The first kappa shape index (κ1) is 9.85. The predicted molar refractivity (Wildman–Crippen MR) is 61.1 cm³/mol. The molecular formula is C8H6ClIN4. The van der Waals surface area contributed by atoms with Gasteiger partial charge < -0.3 is 0 Å². The van der Waals surface area contributed by atoms with E-state index in [0.29, 0.717) is 11.7 Å². The Balaban J connectivity index is 2.15. The lowest BCUT2D eigenvalue weighted by Crippen LogP contribution is -2.02. The van der Waals surface area contributed by atoms with Crippen LogP contribution in [0.3, 0.4) is 0 Å². The number of hydrogen-bond donors (Lipinski definition) is 0. The molecule has 0 atom stereocenters. The van der Waals surface area contributed by atoms with Crippen molar-refractivity contribution in [1.82, 2.24) is 19.7 Å². The highest BCUT2D eigenvalue weighted by Crippen LogP contribution is 2.05. The van der Waals surface area contributed by atoms with Gasteiger partial charge in [-0.3, -0.25) is 9.67 Å². The largest absolute Gasteiger partial charge is 0.266 e. The number of halogens is 2. The molecule has 0 aromatic carbocycles. The molecule has 0 saturated heterocycles. The van der Waals surface area contributed by atoms with Gasteiger partial charge in [0.05, 0.1) is 34.4 Å². The minimum atomic E-state index is 0.406. The molecule has 14 heavy (non-hydrogen) atoms. The Morgan fingerprint density at radius 3 is 2.71 bits per heavy atom. The maximum atomic E-state index is 5.62. The van der Waals surface area contributed by atoms with Crippen molar-refractivity contribution in [3.8, 4) is 0 Å². The summed E-state index contributed by atoms with van der Waals surface area (Å²) in [7, 11) is 0. The third-order valence-electron chi connectivity index (χ3n) is 1.60. The fourth-order valence-corrected chi connectivity index (χ4v) is 1.56. The molecule has 0 fully saturated rings. The summed E-state index contributed by atoms with van der Waals surface area (Å²) >= 11 is 7.83. The van der Waals surface area contributed by atoms with Crippen molar-refractivity contribution in [2.24, 2.45) is 0 Å². The van der Waals surface area contributed by atoms with Gasteiger partial charge in [-0.15, -0.1) is 0 Å². The van der Waals surface area contributed by atoms with Gasteiger partial charge in [0.15, 0.2) is 0 Å². The van der Waals surface area contributed by atoms with E-state index in [1.807, 2.05) is 6.20 Å². The zero-order valence-corrected chi connectivity index (χ0v) is 9.97. The first-order valence-electron chi connectivity index (χ1n) is 3.88. The maximum Gasteiger partial charge on any atom is 0.147 e. The third-order valence-corrected chi connectivity index (χ3v) is 2.35. The summed E-state index contributed by atoms with van der Waals surface area (Å²) in [4.78, 5) is 8.07. The summed E-state index contributed by atoms with van der Waals surface area (Å²) in [5.74, 6) is 0. The molecule has 0 aliphatic heterocycles. The summed E-state index contributed by atoms with van der Waals surface area (Å²) in [6, 6.07) is 0. The number of hydrogen-bond acceptors (Lipinski definition) is 3. The molecule has 0 aliphatic rings. The molecule has 0 amide bonds. The summed E-state index contributed by atoms with van der Waals surface area (Å²) in [5, 5.41) is 4.55. The molecular weight excluding hydrogens is 314 g/mol. The molecule has 0 N–H and O–H groups in total. The summed E-state index contributed by atoms with van der Waals surface area (Å²) in [6.45, 7) is 0.618. The molecule has 2 heterocycles. The van der Waals surface area contributed by atoms with Crippen LogP contribution in [0, 0.1) is 3.57 Å². The van der Waals surface area contributed by atoms with Gasteiger partial charge in [-0.05, 0) is 22.6 Å². The van der Waals surface area contributed by atoms with Crippen LogP contribution >= 0.6 is 34.2 Å². The smallest absolute Gasteiger partial charge is 0.147 e. The van der Waals surface area contributed by atoms with Gasteiger partial charge in [0.2, 0.25) is 0 Å². The normalized spacial score (nSPS) is 10.4. The maximum absolute atomic E-state index is 5.62. The van der Waals surface area contributed by atoms with Crippen LogP contribution in [0.1, 0.15) is 5.69 Å². The number of aromatic nitrogens is 4. The zero-order valence-electron chi connectivity index (χ0n) is 7.06. The van der Waals surface area contributed by atoms with Gasteiger partial charge in [-0.2, -0.15) is 5.10 Å². The Morgan fingerprint density at radius 1 is 1.29 bits per heavy atom. The second kappa shape index (κ2) is 4.22. The quantitative estimate of drug-likeness (QED) is 0.795. The van der Waals surface area contributed by atoms with E-state index in [-0.39, 0.29) is 0 Å². The second-order valence-corrected chi connectivity index (χ2v) is 4.32. The van der Waals surface area contributed by atoms with Crippen LogP contribution in [0.4, 0.5) is 0 Å². The Hall–Kier alpha value is -0.690. The van der Waals surface area contributed by atoms with Gasteiger partial charge in [0.1, 0.15) is 5.15 Å². The average Bonchev–Trinajstić information content (AvgIpc) is 2.56. The van der Waals surface area contributed by atoms with Crippen molar-refractivity contribution in [1.29, 1.82) is 0 Å². The molecule has 6 heteroatoms. The van der Waals surface area contributed by atoms with E-state index in [4.69, 9.17) is 11.6 Å². The first-order valence-corrected chi connectivity index (χ1v) is 5.34. The van der Waals surface area contributed by atoms with Crippen LogP contribution in [0.2, 0.25) is 5.15 Å². The van der Waals surface area contributed by atoms with Crippen LogP contribution in [0.25, 0.3) is 0 Å². The molecule has 2 rings (SSSR count). The Bertz CT molecular complexity index is 425. The van der Waals surface area contributed by atoms with E-state index in [9.17, 15) is 0 Å². The molecule has 0 aliphatic carbocycles. The molecule has 0 unspecified atom stereocenters. The zero-order chi connectivity index (χ0) is 9.97. The van der Waals surface area contributed by atoms with Crippen molar-refractivity contribution in [2.45, 2.75) is 6.54 Å². The summed E-state index contributed by atoms with van der Waals surface area (Å²) in [6.07, 6.45) is 6.92. The van der Waals surface area contributed by atoms with Crippen LogP contribution in [-0.4, -0.2) is 19.7 Å². The van der Waals surface area contributed by atoms with Gasteiger partial charge in [-0.25, -0.2) is 4.98 Å². The van der Waals surface area contributed by atoms with E-state index < -0.39 is 0 Å². The Kier molecular flexibility index (Phi) is 2.97. The second-order valence-electron chi connectivity index (χ2n) is 2.69. The average molecular weight is 321 g/mol. The van der Waals surface area contributed by atoms with E-state index in [1.165, 1.54) is 6.20 Å². The number of rotatable bonds is 2. The van der Waals surface area contributed by atoms with E-state index >= 15 is 0 Å². The highest BCUT2D eigenvalue weighted by molar-refractivity contribution is 14.1. The van der Waals surface area contributed by atoms with Gasteiger partial charge in [0, 0.05) is 6.20 Å². The SMILES string of the molecule is Clc1cnc(Cn2cc(I)cn2)cn1. The van der Waals surface area contributed by atoms with E-state index in [0.717, 1.165) is 9.26 Å². The summed E-state index contributed by atoms with van der Waals surface area (Å²) in [5.41, 5.74) is 0.842. The standard InChI is InChI=1S/C8H6ClIN4/c9-8-3-11-7(2-12-8)5-14-4-6(10)1-13-14/h1-4H,5H2. The first-order chi connectivity index (χ1) is 6.74. The summed E-state index contributed by atoms with van der Waals surface area (Å²) < 4.78 is 2.91. The fraction of sp³-hybridized carbons (Fsp3) is 0.125. The van der Waals surface area contributed by atoms with Crippen LogP contribution < -0.4 is 0 Å². The molecule has 0 radical (unpaired) electrons. The highest BCUT2D eigenvalue weighted by atomic mass is 127. The molecule has 72 valence electrons. The Morgan fingerprint density at radius 2 is 2.14 bits per heavy atom. The van der Waals surface area contributed by atoms with E-state index in [1.54, 1.807) is 17.1 Å². The fourth-order valence-electron chi connectivity index (χ4n) is 1.01. The van der Waals surface area contributed by atoms with E-state index in [2.05, 4.69) is 37.7 Å².